The summed E-state index contributed by atoms with van der Waals surface area (Å²) in [6.45, 7) is 2.38. The summed E-state index contributed by atoms with van der Waals surface area (Å²) in [6.07, 6.45) is 1.09. The first kappa shape index (κ1) is 17.7. The van der Waals surface area contributed by atoms with E-state index in [9.17, 15) is 9.59 Å². The van der Waals surface area contributed by atoms with Gasteiger partial charge in [0, 0.05) is 43.0 Å². The quantitative estimate of drug-likeness (QED) is 0.635. The summed E-state index contributed by atoms with van der Waals surface area (Å²) >= 11 is 5.62. The Hall–Kier alpha value is -2.67. The van der Waals surface area contributed by atoms with Crippen LogP contribution in [-0.4, -0.2) is 40.7 Å². The van der Waals surface area contributed by atoms with E-state index in [0.717, 1.165) is 37.4 Å². The number of carbonyl (C=O) groups excluding carboxylic acids is 1. The number of hydrogen-bond donors (Lipinski definition) is 1. The third-order valence-electron chi connectivity index (χ3n) is 5.32. The molecule has 2 aliphatic heterocycles. The molecule has 27 heavy (non-hydrogen) atoms. The van der Waals surface area contributed by atoms with E-state index in [0.29, 0.717) is 22.5 Å². The molecule has 0 radical (unpaired) electrons. The molecule has 2 aromatic rings. The number of methoxy groups -OCH3 is 1. The van der Waals surface area contributed by atoms with Crippen molar-refractivity contribution in [3.05, 3.63) is 64.1 Å². The van der Waals surface area contributed by atoms with Crippen LogP contribution in [0.15, 0.2) is 47.3 Å². The van der Waals surface area contributed by atoms with Gasteiger partial charge in [-0.3, -0.25) is 4.79 Å². The van der Waals surface area contributed by atoms with Gasteiger partial charge in [0.2, 0.25) is 0 Å². The molecule has 1 fully saturated rings. The zero-order valence-corrected chi connectivity index (χ0v) is 15.9. The van der Waals surface area contributed by atoms with Crippen molar-refractivity contribution in [2.75, 3.05) is 25.5 Å². The van der Waals surface area contributed by atoms with Crippen molar-refractivity contribution in [2.24, 2.45) is 5.92 Å². The van der Waals surface area contributed by atoms with E-state index >= 15 is 0 Å². The standard InChI is InChI=1S/C20H21N3O3S/c1-26-19(25)14-5-7-16(8-6-14)21-20(27)22-10-13-9-15(12-22)17-3-2-4-18(24)23(17)11-13/h2-8,13,15H,9-12H2,1H3,(H,21,27)/t13-,15-/m0/s1. The second-order valence-corrected chi connectivity index (χ2v) is 7.49. The van der Waals surface area contributed by atoms with Crippen molar-refractivity contribution in [1.82, 2.24) is 9.47 Å². The van der Waals surface area contributed by atoms with Crippen LogP contribution < -0.4 is 10.9 Å². The molecule has 1 aromatic carbocycles. The highest BCUT2D eigenvalue weighted by Crippen LogP contribution is 2.35. The minimum absolute atomic E-state index is 0.0852. The number of nitrogens with zero attached hydrogens (tertiary/aromatic N) is 2. The average Bonchev–Trinajstić information content (AvgIpc) is 2.68. The van der Waals surface area contributed by atoms with Crippen LogP contribution in [0.1, 0.15) is 28.4 Å². The van der Waals surface area contributed by atoms with Crippen LogP contribution in [0.5, 0.6) is 0 Å². The lowest BCUT2D eigenvalue weighted by Gasteiger charge is -2.43. The third kappa shape index (κ3) is 3.47. The predicted molar refractivity (Wildman–Crippen MR) is 107 cm³/mol. The molecule has 2 aliphatic rings. The highest BCUT2D eigenvalue weighted by atomic mass is 32.1. The number of aromatic nitrogens is 1. The van der Waals surface area contributed by atoms with Gasteiger partial charge < -0.3 is 19.5 Å². The molecule has 0 spiro atoms. The van der Waals surface area contributed by atoms with E-state index in [-0.39, 0.29) is 11.5 Å². The summed E-state index contributed by atoms with van der Waals surface area (Å²) in [4.78, 5) is 25.8. The largest absolute Gasteiger partial charge is 0.465 e. The van der Waals surface area contributed by atoms with E-state index in [1.807, 2.05) is 28.8 Å². The molecule has 140 valence electrons. The molecular weight excluding hydrogens is 362 g/mol. The first-order chi connectivity index (χ1) is 13.0. The van der Waals surface area contributed by atoms with Crippen LogP contribution in [0.25, 0.3) is 0 Å². The Balaban J connectivity index is 1.46. The summed E-state index contributed by atoms with van der Waals surface area (Å²) in [5.74, 6) is 0.368. The van der Waals surface area contributed by atoms with Crippen molar-refractivity contribution in [3.63, 3.8) is 0 Å². The molecule has 1 N–H and O–H groups in total. The van der Waals surface area contributed by atoms with Crippen LogP contribution >= 0.6 is 12.2 Å². The first-order valence-electron chi connectivity index (χ1n) is 8.99. The molecule has 1 saturated heterocycles. The molecule has 6 nitrogen and oxygen atoms in total. The maximum atomic E-state index is 12.1. The second kappa shape index (κ2) is 7.15. The second-order valence-electron chi connectivity index (χ2n) is 7.10. The monoisotopic (exact) mass is 383 g/mol. The number of piperidine rings is 1. The fourth-order valence-electron chi connectivity index (χ4n) is 4.07. The Labute approximate surface area is 162 Å². The number of anilines is 1. The van der Waals surface area contributed by atoms with Gasteiger partial charge in [-0.15, -0.1) is 0 Å². The topological polar surface area (TPSA) is 63.6 Å². The van der Waals surface area contributed by atoms with Crippen molar-refractivity contribution in [2.45, 2.75) is 18.9 Å². The highest BCUT2D eigenvalue weighted by molar-refractivity contribution is 7.80. The molecule has 0 saturated carbocycles. The van der Waals surface area contributed by atoms with Gasteiger partial charge in [0.05, 0.1) is 12.7 Å². The lowest BCUT2D eigenvalue weighted by molar-refractivity contribution is 0.0601. The fourth-order valence-corrected chi connectivity index (χ4v) is 4.34. The molecule has 0 unspecified atom stereocenters. The number of benzene rings is 1. The van der Waals surface area contributed by atoms with Crippen LogP contribution in [0.4, 0.5) is 5.69 Å². The molecule has 2 atom stereocenters. The number of likely N-dealkylation sites (tertiary alicyclic amines) is 1. The smallest absolute Gasteiger partial charge is 0.337 e. The van der Waals surface area contributed by atoms with Gasteiger partial charge in [-0.25, -0.2) is 4.79 Å². The maximum Gasteiger partial charge on any atom is 0.337 e. The minimum Gasteiger partial charge on any atom is -0.465 e. The lowest BCUT2D eigenvalue weighted by atomic mass is 9.83. The maximum absolute atomic E-state index is 12.1. The molecule has 4 rings (SSSR count). The van der Waals surface area contributed by atoms with E-state index in [1.165, 1.54) is 7.11 Å². The van der Waals surface area contributed by atoms with Gasteiger partial charge in [0.25, 0.3) is 5.56 Å². The fraction of sp³-hybridized carbons (Fsp3) is 0.350. The lowest BCUT2D eigenvalue weighted by Crippen LogP contribution is -2.50. The SMILES string of the molecule is COC(=O)c1ccc(NC(=S)N2C[C@@H]3C[C@@H](C2)c2cccc(=O)n2C3)cc1. The van der Waals surface area contributed by atoms with Gasteiger partial charge in [-0.05, 0) is 54.9 Å². The number of fused-ring (bicyclic) bond motifs is 4. The number of ether oxygens (including phenoxy) is 1. The molecule has 0 amide bonds. The van der Waals surface area contributed by atoms with Crippen LogP contribution in [-0.2, 0) is 11.3 Å². The number of rotatable bonds is 2. The zero-order valence-electron chi connectivity index (χ0n) is 15.1. The van der Waals surface area contributed by atoms with E-state index < -0.39 is 0 Å². The summed E-state index contributed by atoms with van der Waals surface area (Å²) in [7, 11) is 1.36. The number of carbonyl (C=O) groups is 1. The molecule has 7 heteroatoms. The summed E-state index contributed by atoms with van der Waals surface area (Å²) in [6, 6.07) is 12.6. The zero-order chi connectivity index (χ0) is 19.0. The van der Waals surface area contributed by atoms with E-state index in [1.54, 1.807) is 18.2 Å². The van der Waals surface area contributed by atoms with Gasteiger partial charge in [0.15, 0.2) is 5.11 Å². The van der Waals surface area contributed by atoms with E-state index in [2.05, 4.69) is 10.2 Å². The predicted octanol–water partition coefficient (Wildman–Crippen LogP) is 2.45. The number of nitrogens with one attached hydrogen (secondary N) is 1. The van der Waals surface area contributed by atoms with Gasteiger partial charge in [-0.2, -0.15) is 0 Å². The number of esters is 1. The normalized spacial score (nSPS) is 20.6. The summed E-state index contributed by atoms with van der Waals surface area (Å²) in [5.41, 5.74) is 2.53. The molecule has 0 aliphatic carbocycles. The van der Waals surface area contributed by atoms with Gasteiger partial charge in [-0.1, -0.05) is 6.07 Å². The number of thiocarbonyl (C=S) groups is 1. The van der Waals surface area contributed by atoms with Crippen molar-refractivity contribution in [3.8, 4) is 0 Å². The van der Waals surface area contributed by atoms with E-state index in [4.69, 9.17) is 17.0 Å². The van der Waals surface area contributed by atoms with Crippen LogP contribution in [0.2, 0.25) is 0 Å². The Morgan fingerprint density at radius 3 is 2.67 bits per heavy atom. The number of hydrogen-bond acceptors (Lipinski definition) is 4. The number of pyridine rings is 1. The Morgan fingerprint density at radius 2 is 1.93 bits per heavy atom. The van der Waals surface area contributed by atoms with Gasteiger partial charge in [0.1, 0.15) is 0 Å². The molecule has 3 heterocycles. The van der Waals surface area contributed by atoms with Crippen LogP contribution in [0, 0.1) is 5.92 Å². The van der Waals surface area contributed by atoms with Crippen molar-refractivity contribution < 1.29 is 9.53 Å². The van der Waals surface area contributed by atoms with Crippen molar-refractivity contribution >= 4 is 29.0 Å². The van der Waals surface area contributed by atoms with Crippen molar-refractivity contribution in [1.29, 1.82) is 0 Å². The minimum atomic E-state index is -0.359. The highest BCUT2D eigenvalue weighted by Gasteiger charge is 2.35. The van der Waals surface area contributed by atoms with Crippen LogP contribution in [0.3, 0.4) is 0 Å². The molecule has 2 bridgehead atoms. The Kier molecular flexibility index (Phi) is 4.70. The summed E-state index contributed by atoms with van der Waals surface area (Å²) < 4.78 is 6.63. The first-order valence-corrected chi connectivity index (χ1v) is 9.40. The van der Waals surface area contributed by atoms with Gasteiger partial charge >= 0.3 is 5.97 Å². The summed E-state index contributed by atoms with van der Waals surface area (Å²) in [5, 5.41) is 3.93. The Bertz CT molecular complexity index is 938. The molecule has 1 aromatic heterocycles. The third-order valence-corrected chi connectivity index (χ3v) is 5.68. The Morgan fingerprint density at radius 1 is 1.15 bits per heavy atom. The average molecular weight is 383 g/mol. The molecular formula is C20H21N3O3S.